The first-order valence-corrected chi connectivity index (χ1v) is 10.2. The highest BCUT2D eigenvalue weighted by Crippen LogP contribution is 2.36. The Morgan fingerprint density at radius 1 is 0.852 bits per heavy atom. The molecule has 0 radical (unpaired) electrons. The molecule has 0 aromatic heterocycles. The van der Waals surface area contributed by atoms with Crippen LogP contribution in [0.25, 0.3) is 0 Å². The molecule has 2 rings (SSSR count). The SMILES string of the molecule is CC(C)(C)CNC(=O)/C(Sc1ccccc1)=C(/Sc1ccccc1)C(N)=O. The van der Waals surface area contributed by atoms with E-state index in [-0.39, 0.29) is 16.2 Å². The highest BCUT2D eigenvalue weighted by molar-refractivity contribution is 8.08. The van der Waals surface area contributed by atoms with Crippen LogP contribution >= 0.6 is 23.5 Å². The fraction of sp³-hybridized carbons (Fsp3) is 0.238. The van der Waals surface area contributed by atoms with E-state index in [0.717, 1.165) is 9.79 Å². The molecule has 142 valence electrons. The molecule has 0 spiro atoms. The summed E-state index contributed by atoms with van der Waals surface area (Å²) in [5, 5.41) is 2.93. The van der Waals surface area contributed by atoms with Crippen LogP contribution in [-0.2, 0) is 9.59 Å². The first kappa shape index (κ1) is 21.1. The van der Waals surface area contributed by atoms with Crippen molar-refractivity contribution in [1.29, 1.82) is 0 Å². The number of primary amides is 1. The van der Waals surface area contributed by atoms with Crippen molar-refractivity contribution in [3.8, 4) is 0 Å². The largest absolute Gasteiger partial charge is 0.365 e. The van der Waals surface area contributed by atoms with Crippen molar-refractivity contribution in [2.45, 2.75) is 30.6 Å². The molecule has 0 heterocycles. The van der Waals surface area contributed by atoms with Crippen LogP contribution < -0.4 is 11.1 Å². The van der Waals surface area contributed by atoms with E-state index in [0.29, 0.717) is 11.4 Å². The summed E-state index contributed by atoms with van der Waals surface area (Å²) >= 11 is 2.46. The molecule has 0 fully saturated rings. The molecule has 0 saturated carbocycles. The molecule has 0 aliphatic carbocycles. The van der Waals surface area contributed by atoms with Gasteiger partial charge in [-0.05, 0) is 29.7 Å². The molecule has 0 aliphatic rings. The van der Waals surface area contributed by atoms with Gasteiger partial charge in [-0.1, -0.05) is 80.7 Å². The van der Waals surface area contributed by atoms with Crippen molar-refractivity contribution in [3.63, 3.8) is 0 Å². The Morgan fingerprint density at radius 2 is 1.30 bits per heavy atom. The summed E-state index contributed by atoms with van der Waals surface area (Å²) in [5.41, 5.74) is 5.58. The molecule has 4 nitrogen and oxygen atoms in total. The molecule has 27 heavy (non-hydrogen) atoms. The first-order valence-electron chi connectivity index (χ1n) is 8.54. The van der Waals surface area contributed by atoms with Gasteiger partial charge in [-0.15, -0.1) is 0 Å². The van der Waals surface area contributed by atoms with Gasteiger partial charge in [0, 0.05) is 16.3 Å². The number of hydrogen-bond acceptors (Lipinski definition) is 4. The maximum atomic E-state index is 12.9. The lowest BCUT2D eigenvalue weighted by Gasteiger charge is -2.20. The molecule has 0 aliphatic heterocycles. The number of carbonyl (C=O) groups excluding carboxylic acids is 2. The molecular weight excluding hydrogens is 376 g/mol. The van der Waals surface area contributed by atoms with Gasteiger partial charge in [-0.25, -0.2) is 0 Å². The van der Waals surface area contributed by atoms with Gasteiger partial charge < -0.3 is 11.1 Å². The van der Waals surface area contributed by atoms with Crippen LogP contribution in [0.2, 0.25) is 0 Å². The Bertz CT molecular complexity index is 813. The fourth-order valence-corrected chi connectivity index (χ4v) is 3.99. The molecule has 0 saturated heterocycles. The van der Waals surface area contributed by atoms with E-state index in [1.807, 2.05) is 81.4 Å². The van der Waals surface area contributed by atoms with Crippen molar-refractivity contribution in [2.75, 3.05) is 6.54 Å². The minimum absolute atomic E-state index is 0.0718. The average molecular weight is 401 g/mol. The number of hydrogen-bond donors (Lipinski definition) is 2. The normalized spacial score (nSPS) is 12.3. The predicted molar refractivity (Wildman–Crippen MR) is 113 cm³/mol. The van der Waals surface area contributed by atoms with Gasteiger partial charge in [-0.3, -0.25) is 9.59 Å². The molecule has 2 aromatic rings. The van der Waals surface area contributed by atoms with Crippen molar-refractivity contribution in [1.82, 2.24) is 5.32 Å². The summed E-state index contributed by atoms with van der Waals surface area (Å²) in [6.07, 6.45) is 0. The van der Waals surface area contributed by atoms with Crippen LogP contribution in [0.5, 0.6) is 0 Å². The molecule has 2 amide bonds. The third kappa shape index (κ3) is 7.15. The summed E-state index contributed by atoms with van der Waals surface area (Å²) in [7, 11) is 0. The lowest BCUT2D eigenvalue weighted by molar-refractivity contribution is -0.118. The number of benzene rings is 2. The Labute approximate surface area is 169 Å². The van der Waals surface area contributed by atoms with E-state index in [1.54, 1.807) is 0 Å². The topological polar surface area (TPSA) is 72.2 Å². The summed E-state index contributed by atoms with van der Waals surface area (Å²) in [6, 6.07) is 18.9. The number of rotatable bonds is 7. The maximum absolute atomic E-state index is 12.9. The Kier molecular flexibility index (Phi) is 7.56. The smallest absolute Gasteiger partial charge is 0.259 e. The summed E-state index contributed by atoms with van der Waals surface area (Å²) in [4.78, 5) is 27.4. The van der Waals surface area contributed by atoms with E-state index in [2.05, 4.69) is 5.32 Å². The lowest BCUT2D eigenvalue weighted by Crippen LogP contribution is -2.33. The molecular formula is C21H24N2O2S2. The molecule has 0 unspecified atom stereocenters. The zero-order valence-corrected chi connectivity index (χ0v) is 17.3. The Balaban J connectivity index is 2.40. The zero-order chi connectivity index (χ0) is 19.9. The van der Waals surface area contributed by atoms with Crippen LogP contribution in [0.1, 0.15) is 20.8 Å². The summed E-state index contributed by atoms with van der Waals surface area (Å²) in [6.45, 7) is 6.60. The number of thioether (sulfide) groups is 2. The second-order valence-corrected chi connectivity index (χ2v) is 9.26. The summed E-state index contributed by atoms with van der Waals surface area (Å²) < 4.78 is 0. The fourth-order valence-electron chi connectivity index (χ4n) is 2.04. The second kappa shape index (κ2) is 9.67. The van der Waals surface area contributed by atoms with Crippen LogP contribution in [0.15, 0.2) is 80.3 Å². The van der Waals surface area contributed by atoms with Gasteiger partial charge in [0.2, 0.25) is 0 Å². The quantitative estimate of drug-likeness (QED) is 0.533. The summed E-state index contributed by atoms with van der Waals surface area (Å²) in [5.74, 6) is -0.913. The minimum atomic E-state index is -0.617. The van der Waals surface area contributed by atoms with Crippen LogP contribution in [-0.4, -0.2) is 18.4 Å². The molecule has 0 bridgehead atoms. The predicted octanol–water partition coefficient (Wildman–Crippen LogP) is 4.43. The standard InChI is InChI=1S/C21H24N2O2S2/c1-21(2,3)14-23-20(25)18(27-16-12-8-5-9-13-16)17(19(22)24)26-15-10-6-4-7-11-15/h4-13H,14H2,1-3H3,(H2,22,24)(H,23,25)/b18-17-. The van der Waals surface area contributed by atoms with E-state index in [1.165, 1.54) is 23.5 Å². The van der Waals surface area contributed by atoms with Crippen LogP contribution in [0, 0.1) is 5.41 Å². The second-order valence-electron chi connectivity index (χ2n) is 7.10. The molecule has 2 aromatic carbocycles. The monoisotopic (exact) mass is 400 g/mol. The van der Waals surface area contributed by atoms with E-state index < -0.39 is 5.91 Å². The van der Waals surface area contributed by atoms with E-state index >= 15 is 0 Å². The van der Waals surface area contributed by atoms with Gasteiger partial charge in [0.25, 0.3) is 11.8 Å². The van der Waals surface area contributed by atoms with Crippen molar-refractivity contribution < 1.29 is 9.59 Å². The average Bonchev–Trinajstić information content (AvgIpc) is 2.63. The van der Waals surface area contributed by atoms with Crippen LogP contribution in [0.4, 0.5) is 0 Å². The van der Waals surface area contributed by atoms with Gasteiger partial charge in [0.1, 0.15) is 0 Å². The third-order valence-electron chi connectivity index (χ3n) is 3.34. The Morgan fingerprint density at radius 3 is 1.70 bits per heavy atom. The Hall–Kier alpha value is -2.18. The van der Waals surface area contributed by atoms with Crippen LogP contribution in [0.3, 0.4) is 0 Å². The number of carbonyl (C=O) groups is 2. The van der Waals surface area contributed by atoms with Gasteiger partial charge in [-0.2, -0.15) is 0 Å². The maximum Gasteiger partial charge on any atom is 0.259 e. The molecule has 0 atom stereocenters. The highest BCUT2D eigenvalue weighted by Gasteiger charge is 2.23. The minimum Gasteiger partial charge on any atom is -0.365 e. The third-order valence-corrected chi connectivity index (χ3v) is 5.69. The number of nitrogens with two attached hydrogens (primary N) is 1. The number of amides is 2. The number of nitrogens with one attached hydrogen (secondary N) is 1. The molecule has 6 heteroatoms. The molecule has 3 N–H and O–H groups in total. The van der Waals surface area contributed by atoms with Gasteiger partial charge >= 0.3 is 0 Å². The van der Waals surface area contributed by atoms with Crippen molar-refractivity contribution in [2.24, 2.45) is 11.1 Å². The highest BCUT2D eigenvalue weighted by atomic mass is 32.2. The zero-order valence-electron chi connectivity index (χ0n) is 15.7. The lowest BCUT2D eigenvalue weighted by atomic mass is 9.97. The van der Waals surface area contributed by atoms with Crippen molar-refractivity contribution in [3.05, 3.63) is 70.5 Å². The first-order chi connectivity index (χ1) is 12.8. The van der Waals surface area contributed by atoms with E-state index in [9.17, 15) is 9.59 Å². The van der Waals surface area contributed by atoms with Gasteiger partial charge in [0.05, 0.1) is 9.81 Å². The van der Waals surface area contributed by atoms with Gasteiger partial charge in [0.15, 0.2) is 0 Å². The van der Waals surface area contributed by atoms with E-state index in [4.69, 9.17) is 5.73 Å². The van der Waals surface area contributed by atoms with Crippen molar-refractivity contribution >= 4 is 35.3 Å².